The predicted octanol–water partition coefficient (Wildman–Crippen LogP) is 5.54. The van der Waals surface area contributed by atoms with Gasteiger partial charge in [0.25, 0.3) is 0 Å². The van der Waals surface area contributed by atoms with Crippen LogP contribution in [0.1, 0.15) is 62.8 Å². The van der Waals surface area contributed by atoms with Crippen molar-refractivity contribution in [3.05, 3.63) is 33.3 Å². The van der Waals surface area contributed by atoms with Crippen molar-refractivity contribution in [1.82, 2.24) is 5.32 Å². The molecular weight excluding hydrogens is 310 g/mol. The molecule has 1 fully saturated rings. The Balaban J connectivity index is 2.41. The molecule has 1 aliphatic carbocycles. The van der Waals surface area contributed by atoms with Gasteiger partial charge < -0.3 is 5.32 Å². The van der Waals surface area contributed by atoms with E-state index in [0.29, 0.717) is 11.5 Å². The zero-order chi connectivity index (χ0) is 14.9. The number of rotatable bonds is 4. The van der Waals surface area contributed by atoms with Gasteiger partial charge in [0.05, 0.1) is 0 Å². The Bertz CT molecular complexity index is 479. The monoisotopic (exact) mass is 337 g/mol. The summed E-state index contributed by atoms with van der Waals surface area (Å²) in [5.74, 6) is 0.738. The molecule has 1 saturated carbocycles. The second-order valence-corrected chi connectivity index (χ2v) is 7.83. The first kappa shape index (κ1) is 16.0. The molecule has 2 heteroatoms. The van der Waals surface area contributed by atoms with E-state index in [9.17, 15) is 0 Å². The van der Waals surface area contributed by atoms with E-state index in [-0.39, 0.29) is 0 Å². The molecular formula is C18H28BrN. The highest BCUT2D eigenvalue weighted by Crippen LogP contribution is 2.49. The van der Waals surface area contributed by atoms with Crippen LogP contribution >= 0.6 is 15.9 Å². The predicted molar refractivity (Wildman–Crippen MR) is 91.2 cm³/mol. The molecule has 0 saturated heterocycles. The topological polar surface area (TPSA) is 12.0 Å². The number of nitrogens with one attached hydrogen (secondary N) is 1. The first-order chi connectivity index (χ1) is 9.36. The van der Waals surface area contributed by atoms with Gasteiger partial charge in [0.2, 0.25) is 0 Å². The second-order valence-electron chi connectivity index (χ2n) is 6.98. The Morgan fingerprint density at radius 3 is 2.55 bits per heavy atom. The van der Waals surface area contributed by atoms with Crippen LogP contribution in [0.25, 0.3) is 0 Å². The van der Waals surface area contributed by atoms with Crippen molar-refractivity contribution >= 4 is 15.9 Å². The Morgan fingerprint density at radius 2 is 2.00 bits per heavy atom. The molecule has 0 aliphatic heterocycles. The zero-order valence-corrected chi connectivity index (χ0v) is 15.1. The van der Waals surface area contributed by atoms with Crippen LogP contribution in [0.2, 0.25) is 0 Å². The summed E-state index contributed by atoms with van der Waals surface area (Å²) in [6.45, 7) is 12.6. The maximum Gasteiger partial charge on any atom is 0.0356 e. The molecule has 112 valence electrons. The largest absolute Gasteiger partial charge is 0.310 e. The molecule has 2 atom stereocenters. The molecule has 1 N–H and O–H groups in total. The number of hydrogen-bond acceptors (Lipinski definition) is 1. The average molecular weight is 338 g/mol. The van der Waals surface area contributed by atoms with Crippen LogP contribution < -0.4 is 5.32 Å². The van der Waals surface area contributed by atoms with E-state index >= 15 is 0 Å². The Hall–Kier alpha value is -0.340. The van der Waals surface area contributed by atoms with Gasteiger partial charge in [-0.15, -0.1) is 0 Å². The molecule has 1 aromatic carbocycles. The van der Waals surface area contributed by atoms with Crippen LogP contribution in [0.3, 0.4) is 0 Å². The fraction of sp³-hybridized carbons (Fsp3) is 0.667. The first-order valence-corrected chi connectivity index (χ1v) is 8.66. The number of halogens is 1. The van der Waals surface area contributed by atoms with Crippen molar-refractivity contribution in [1.29, 1.82) is 0 Å². The quantitative estimate of drug-likeness (QED) is 0.760. The highest BCUT2D eigenvalue weighted by molar-refractivity contribution is 9.10. The third kappa shape index (κ3) is 3.12. The molecule has 1 nitrogen and oxygen atoms in total. The summed E-state index contributed by atoms with van der Waals surface area (Å²) in [5.41, 5.74) is 4.67. The fourth-order valence-corrected chi connectivity index (χ4v) is 4.26. The highest BCUT2D eigenvalue weighted by atomic mass is 79.9. The molecule has 0 radical (unpaired) electrons. The normalized spacial score (nSPS) is 23.0. The van der Waals surface area contributed by atoms with Gasteiger partial charge in [-0.2, -0.15) is 0 Å². The molecule has 20 heavy (non-hydrogen) atoms. The lowest BCUT2D eigenvalue weighted by Gasteiger charge is -2.36. The highest BCUT2D eigenvalue weighted by Gasteiger charge is 2.40. The molecule has 0 amide bonds. The van der Waals surface area contributed by atoms with Crippen LogP contribution in [0, 0.1) is 25.2 Å². The molecule has 0 bridgehead atoms. The van der Waals surface area contributed by atoms with Crippen molar-refractivity contribution in [2.45, 2.75) is 59.9 Å². The minimum Gasteiger partial charge on any atom is -0.310 e. The molecule has 1 aromatic rings. The van der Waals surface area contributed by atoms with Gasteiger partial charge in [-0.3, -0.25) is 0 Å². The molecule has 1 aliphatic rings. The summed E-state index contributed by atoms with van der Waals surface area (Å²) in [5, 5.41) is 3.77. The fourth-order valence-electron chi connectivity index (χ4n) is 3.80. The molecule has 0 spiro atoms. The lowest BCUT2D eigenvalue weighted by atomic mass is 9.74. The SMILES string of the molecule is CCNC(c1cc(C)c(Br)cc1C)C1CCCC1(C)C. The van der Waals surface area contributed by atoms with E-state index in [2.05, 4.69) is 68.0 Å². The number of hydrogen-bond donors (Lipinski definition) is 1. The van der Waals surface area contributed by atoms with Gasteiger partial charge in [0, 0.05) is 10.5 Å². The van der Waals surface area contributed by atoms with Crippen molar-refractivity contribution < 1.29 is 0 Å². The van der Waals surface area contributed by atoms with E-state index in [1.807, 2.05) is 0 Å². The average Bonchev–Trinajstić information content (AvgIpc) is 2.71. The van der Waals surface area contributed by atoms with Crippen molar-refractivity contribution in [2.75, 3.05) is 6.54 Å². The summed E-state index contributed by atoms with van der Waals surface area (Å²) in [4.78, 5) is 0. The molecule has 2 unspecified atom stereocenters. The van der Waals surface area contributed by atoms with Crippen LogP contribution in [0.5, 0.6) is 0 Å². The van der Waals surface area contributed by atoms with Crippen LogP contribution in [-0.2, 0) is 0 Å². The Labute approximate surface area is 132 Å². The van der Waals surface area contributed by atoms with E-state index in [1.54, 1.807) is 0 Å². The summed E-state index contributed by atoms with van der Waals surface area (Å²) >= 11 is 3.65. The van der Waals surface area contributed by atoms with Crippen LogP contribution in [0.4, 0.5) is 0 Å². The second kappa shape index (κ2) is 6.19. The maximum absolute atomic E-state index is 3.77. The summed E-state index contributed by atoms with van der Waals surface area (Å²) < 4.78 is 1.22. The summed E-state index contributed by atoms with van der Waals surface area (Å²) in [6.07, 6.45) is 4.07. The number of aryl methyl sites for hydroxylation is 2. The summed E-state index contributed by atoms with van der Waals surface area (Å²) in [6, 6.07) is 5.14. The Morgan fingerprint density at radius 1 is 1.30 bits per heavy atom. The standard InChI is InChI=1S/C18H28BrN/c1-6-20-17(15-8-7-9-18(15,4)5)14-10-13(3)16(19)11-12(14)2/h10-11,15,17,20H,6-9H2,1-5H3. The Kier molecular flexibility index (Phi) is 4.96. The van der Waals surface area contributed by atoms with Gasteiger partial charge in [-0.1, -0.05) is 49.2 Å². The van der Waals surface area contributed by atoms with Gasteiger partial charge in [-0.25, -0.2) is 0 Å². The van der Waals surface area contributed by atoms with Gasteiger partial charge in [-0.05, 0) is 67.3 Å². The van der Waals surface area contributed by atoms with E-state index < -0.39 is 0 Å². The smallest absolute Gasteiger partial charge is 0.0356 e. The van der Waals surface area contributed by atoms with Crippen molar-refractivity contribution in [2.24, 2.45) is 11.3 Å². The lowest BCUT2D eigenvalue weighted by Crippen LogP contribution is -2.34. The molecule has 0 aromatic heterocycles. The minimum atomic E-state index is 0.445. The van der Waals surface area contributed by atoms with Crippen LogP contribution in [0.15, 0.2) is 16.6 Å². The summed E-state index contributed by atoms with van der Waals surface area (Å²) in [7, 11) is 0. The maximum atomic E-state index is 3.77. The number of benzene rings is 1. The van der Waals surface area contributed by atoms with Crippen molar-refractivity contribution in [3.63, 3.8) is 0 Å². The zero-order valence-electron chi connectivity index (χ0n) is 13.5. The lowest BCUT2D eigenvalue weighted by molar-refractivity contribution is 0.199. The van der Waals surface area contributed by atoms with Gasteiger partial charge >= 0.3 is 0 Å². The van der Waals surface area contributed by atoms with Crippen LogP contribution in [-0.4, -0.2) is 6.54 Å². The molecule has 2 rings (SSSR count). The third-order valence-corrected chi connectivity index (χ3v) is 5.90. The third-order valence-electron chi connectivity index (χ3n) is 5.05. The van der Waals surface area contributed by atoms with E-state index in [4.69, 9.17) is 0 Å². The van der Waals surface area contributed by atoms with Gasteiger partial charge in [0.1, 0.15) is 0 Å². The van der Waals surface area contributed by atoms with Crippen molar-refractivity contribution in [3.8, 4) is 0 Å². The van der Waals surface area contributed by atoms with E-state index in [0.717, 1.165) is 12.5 Å². The first-order valence-electron chi connectivity index (χ1n) is 7.87. The molecule has 0 heterocycles. The minimum absolute atomic E-state index is 0.445. The van der Waals surface area contributed by atoms with E-state index in [1.165, 1.54) is 40.4 Å². The van der Waals surface area contributed by atoms with Gasteiger partial charge in [0.15, 0.2) is 0 Å².